The lowest BCUT2D eigenvalue weighted by atomic mass is 9.87. The van der Waals surface area contributed by atoms with Crippen LogP contribution in [0.4, 0.5) is 5.69 Å². The van der Waals surface area contributed by atoms with Crippen LogP contribution in [0.5, 0.6) is 0 Å². The highest BCUT2D eigenvalue weighted by molar-refractivity contribution is 5.42. The van der Waals surface area contributed by atoms with Crippen molar-refractivity contribution in [1.82, 2.24) is 10.2 Å². The first-order valence-corrected chi connectivity index (χ1v) is 6.59. The van der Waals surface area contributed by atoms with E-state index in [2.05, 4.69) is 37.0 Å². The van der Waals surface area contributed by atoms with Crippen molar-refractivity contribution in [2.45, 2.75) is 40.0 Å². The third-order valence-corrected chi connectivity index (χ3v) is 2.95. The van der Waals surface area contributed by atoms with Crippen LogP contribution in [-0.4, -0.2) is 10.2 Å². The summed E-state index contributed by atoms with van der Waals surface area (Å²) in [6.07, 6.45) is 4.07. The van der Waals surface area contributed by atoms with E-state index in [1.165, 1.54) is 16.3 Å². The number of aromatic nitrogens is 2. The molecule has 0 bridgehead atoms. The highest BCUT2D eigenvalue weighted by Gasteiger charge is 2.12. The average Bonchev–Trinajstić information content (AvgIpc) is 2.28. The number of nitrogens with two attached hydrogens (primary N) is 1. The van der Waals surface area contributed by atoms with Gasteiger partial charge in [0.15, 0.2) is 0 Å². The molecule has 3 heteroatoms. The van der Waals surface area contributed by atoms with E-state index in [4.69, 9.17) is 5.73 Å². The summed E-state index contributed by atoms with van der Waals surface area (Å²) in [5.41, 5.74) is 7.99. The predicted octanol–water partition coefficient (Wildman–Crippen LogP) is 2.51. The minimum Gasteiger partial charge on any atom is -0.399 e. The van der Waals surface area contributed by atoms with Crippen LogP contribution < -0.4 is 16.4 Å². The number of hydrogen-bond acceptors (Lipinski definition) is 1. The number of hydrogen-bond donors (Lipinski definition) is 3. The van der Waals surface area contributed by atoms with E-state index < -0.39 is 0 Å². The van der Waals surface area contributed by atoms with E-state index in [-0.39, 0.29) is 5.41 Å². The molecule has 0 amide bonds. The second kappa shape index (κ2) is 6.32. The molecule has 1 aromatic heterocycles. The van der Waals surface area contributed by atoms with E-state index in [0.717, 1.165) is 5.69 Å². The standard InChI is InChI=1S/C10H15N.C6H10N2/c1-10(2,3)8-5-4-6-9(11)7-8;1-3-5-6(4-2)8-7-5/h4-7H,11H2,1-3H3;3-4,7-8H,1-2H3/b;5-3+,6-4+. The fourth-order valence-corrected chi connectivity index (χ4v) is 1.67. The first-order chi connectivity index (χ1) is 8.88. The largest absolute Gasteiger partial charge is 0.399 e. The fraction of sp³-hybridized carbons (Fsp3) is 0.375. The van der Waals surface area contributed by atoms with Gasteiger partial charge in [-0.1, -0.05) is 45.1 Å². The van der Waals surface area contributed by atoms with Crippen molar-refractivity contribution < 1.29 is 0 Å². The molecule has 1 aromatic carbocycles. The van der Waals surface area contributed by atoms with Gasteiger partial charge in [-0.2, -0.15) is 0 Å². The Balaban J connectivity index is 0.000000200. The van der Waals surface area contributed by atoms with Gasteiger partial charge in [-0.25, -0.2) is 0 Å². The lowest BCUT2D eigenvalue weighted by Crippen LogP contribution is -2.39. The lowest BCUT2D eigenvalue weighted by molar-refractivity contribution is 0.590. The van der Waals surface area contributed by atoms with Gasteiger partial charge in [0.2, 0.25) is 0 Å². The molecule has 0 radical (unpaired) electrons. The summed E-state index contributed by atoms with van der Waals surface area (Å²) >= 11 is 0. The second-order valence-electron chi connectivity index (χ2n) is 5.53. The molecule has 0 aliphatic carbocycles. The van der Waals surface area contributed by atoms with Crippen LogP contribution in [0.2, 0.25) is 0 Å². The van der Waals surface area contributed by atoms with Crippen molar-refractivity contribution >= 4 is 17.8 Å². The Morgan fingerprint density at radius 3 is 1.79 bits per heavy atom. The Bertz CT molecular complexity index is 581. The first-order valence-electron chi connectivity index (χ1n) is 6.59. The molecule has 1 heterocycles. The van der Waals surface area contributed by atoms with E-state index in [1.807, 2.05) is 44.2 Å². The van der Waals surface area contributed by atoms with Crippen LogP contribution in [0.15, 0.2) is 24.3 Å². The van der Waals surface area contributed by atoms with Crippen LogP contribution in [0, 0.1) is 0 Å². The van der Waals surface area contributed by atoms with Crippen molar-refractivity contribution in [3.05, 3.63) is 40.5 Å². The van der Waals surface area contributed by atoms with E-state index in [0.29, 0.717) is 0 Å². The molecule has 0 saturated carbocycles. The molecule has 0 unspecified atom stereocenters. The van der Waals surface area contributed by atoms with Gasteiger partial charge in [0.1, 0.15) is 0 Å². The fourth-order valence-electron chi connectivity index (χ4n) is 1.67. The third-order valence-electron chi connectivity index (χ3n) is 2.95. The number of nitrogen functional groups attached to an aromatic ring is 1. The number of benzene rings is 1. The molecule has 0 aliphatic rings. The summed E-state index contributed by atoms with van der Waals surface area (Å²) in [6, 6.07) is 8.04. The van der Waals surface area contributed by atoms with Crippen molar-refractivity contribution in [1.29, 1.82) is 0 Å². The zero-order valence-electron chi connectivity index (χ0n) is 12.5. The van der Waals surface area contributed by atoms with Crippen LogP contribution in [0.1, 0.15) is 40.2 Å². The molecule has 0 saturated heterocycles. The monoisotopic (exact) mass is 259 g/mol. The number of rotatable bonds is 0. The first kappa shape index (κ1) is 15.2. The van der Waals surface area contributed by atoms with Gasteiger partial charge in [0.25, 0.3) is 0 Å². The summed E-state index contributed by atoms with van der Waals surface area (Å²) in [6.45, 7) is 10.6. The van der Waals surface area contributed by atoms with Crippen molar-refractivity contribution in [3.63, 3.8) is 0 Å². The summed E-state index contributed by atoms with van der Waals surface area (Å²) in [5, 5.41) is 8.25. The van der Waals surface area contributed by atoms with Crippen LogP contribution in [-0.2, 0) is 5.41 Å². The minimum atomic E-state index is 0.204. The Labute approximate surface area is 115 Å². The van der Waals surface area contributed by atoms with Crippen molar-refractivity contribution in [2.24, 2.45) is 0 Å². The minimum absolute atomic E-state index is 0.204. The highest BCUT2D eigenvalue weighted by atomic mass is 15.1. The maximum absolute atomic E-state index is 5.66. The number of H-pyrrole nitrogens is 2. The lowest BCUT2D eigenvalue weighted by Gasteiger charge is -2.18. The van der Waals surface area contributed by atoms with Gasteiger partial charge in [-0.05, 0) is 37.0 Å². The Morgan fingerprint density at radius 2 is 1.53 bits per heavy atom. The Kier molecular flexibility index (Phi) is 5.04. The second-order valence-corrected chi connectivity index (χ2v) is 5.53. The average molecular weight is 259 g/mol. The zero-order valence-corrected chi connectivity index (χ0v) is 12.5. The molecule has 2 rings (SSSR count). The zero-order chi connectivity index (χ0) is 14.5. The third kappa shape index (κ3) is 4.36. The van der Waals surface area contributed by atoms with E-state index >= 15 is 0 Å². The molecule has 0 aliphatic heterocycles. The molecule has 0 atom stereocenters. The van der Waals surface area contributed by atoms with Gasteiger partial charge in [-0.3, -0.25) is 10.2 Å². The van der Waals surface area contributed by atoms with Crippen LogP contribution in [0.3, 0.4) is 0 Å². The van der Waals surface area contributed by atoms with Crippen molar-refractivity contribution in [3.8, 4) is 0 Å². The summed E-state index contributed by atoms with van der Waals surface area (Å²) in [5.74, 6) is 0. The van der Waals surface area contributed by atoms with Gasteiger partial charge < -0.3 is 5.73 Å². The number of aromatic amines is 2. The number of nitrogens with one attached hydrogen (secondary N) is 2. The molecular weight excluding hydrogens is 234 g/mol. The van der Waals surface area contributed by atoms with Crippen molar-refractivity contribution in [2.75, 3.05) is 5.73 Å². The number of anilines is 1. The highest BCUT2D eigenvalue weighted by Crippen LogP contribution is 2.23. The van der Waals surface area contributed by atoms with Gasteiger partial charge in [-0.15, -0.1) is 0 Å². The Morgan fingerprint density at radius 1 is 1.00 bits per heavy atom. The molecule has 19 heavy (non-hydrogen) atoms. The van der Waals surface area contributed by atoms with Crippen LogP contribution >= 0.6 is 0 Å². The Hall–Kier alpha value is -1.90. The molecule has 2 aromatic rings. The molecule has 3 nitrogen and oxygen atoms in total. The quantitative estimate of drug-likeness (QED) is 0.626. The van der Waals surface area contributed by atoms with Gasteiger partial charge in [0, 0.05) is 5.69 Å². The smallest absolute Gasteiger partial charge is 0.0743 e. The molecule has 0 spiro atoms. The predicted molar refractivity (Wildman–Crippen MR) is 84.2 cm³/mol. The summed E-state index contributed by atoms with van der Waals surface area (Å²) in [4.78, 5) is 0. The van der Waals surface area contributed by atoms with Crippen LogP contribution in [0.25, 0.3) is 12.2 Å². The summed E-state index contributed by atoms with van der Waals surface area (Å²) < 4.78 is 0. The maximum atomic E-state index is 5.66. The van der Waals surface area contributed by atoms with E-state index in [1.54, 1.807) is 0 Å². The van der Waals surface area contributed by atoms with Gasteiger partial charge >= 0.3 is 0 Å². The SMILES string of the molecule is C/C=c1/[nH][nH]/c1=C/C.CC(C)(C)c1cccc(N)c1. The van der Waals surface area contributed by atoms with Gasteiger partial charge in [0.05, 0.1) is 10.7 Å². The molecule has 0 fully saturated rings. The maximum Gasteiger partial charge on any atom is 0.0743 e. The topological polar surface area (TPSA) is 57.6 Å². The normalized spacial score (nSPS) is 13.3. The molecule has 4 N–H and O–H groups in total. The summed E-state index contributed by atoms with van der Waals surface area (Å²) in [7, 11) is 0. The van der Waals surface area contributed by atoms with E-state index in [9.17, 15) is 0 Å². The molecule has 104 valence electrons. The molecular formula is C16H25N3.